The first kappa shape index (κ1) is 29.6. The van der Waals surface area contributed by atoms with E-state index in [1.807, 2.05) is 24.3 Å². The molecule has 3 rings (SSSR count). The molecule has 0 spiro atoms. The van der Waals surface area contributed by atoms with Crippen LogP contribution in [0.5, 0.6) is 0 Å². The Morgan fingerprint density at radius 3 is 2.37 bits per heavy atom. The van der Waals surface area contributed by atoms with Crippen LogP contribution in [-0.4, -0.2) is 67.3 Å². The maximum Gasteiger partial charge on any atom is 0.243 e. The number of carbonyl (C=O) groups is 3. The second-order valence-electron chi connectivity index (χ2n) is 9.27. The van der Waals surface area contributed by atoms with Crippen LogP contribution in [0, 0.1) is 5.82 Å². The van der Waals surface area contributed by atoms with Crippen molar-refractivity contribution in [2.45, 2.75) is 49.8 Å². The Morgan fingerprint density at radius 1 is 1.13 bits per heavy atom. The van der Waals surface area contributed by atoms with Gasteiger partial charge in [-0.05, 0) is 42.2 Å². The number of nitrogens with two attached hydrogens (primary N) is 1. The minimum absolute atomic E-state index is 0.0541. The molecule has 2 aromatic rings. The Labute approximate surface area is 227 Å². The molecule has 3 amide bonds. The number of hydrogen-bond acceptors (Lipinski definition) is 7. The predicted octanol–water partition coefficient (Wildman–Crippen LogP) is 0.0750. The van der Waals surface area contributed by atoms with Crippen LogP contribution in [0.25, 0.3) is 0 Å². The summed E-state index contributed by atoms with van der Waals surface area (Å²) in [5.74, 6) is -2.12. The standard InChI is InChI=1S/C25H32FN5O5S2/c1-15(23(32)28-13-22(27)37)29-24(33)21-12-17-5-3-4-6-18(17)14-31(21)25(34)20(30-38(2,35)36)11-16-7-9-19(26)10-8-16/h3-10,15,20-22,30,37H,11-14,27H2,1-2H3,(H,28,32)(H,29,33)/t15-,20-,21-,22+/m0/s1. The molecule has 206 valence electrons. The highest BCUT2D eigenvalue weighted by Gasteiger charge is 2.39. The summed E-state index contributed by atoms with van der Waals surface area (Å²) in [4.78, 5) is 40.9. The summed E-state index contributed by atoms with van der Waals surface area (Å²) < 4.78 is 40.0. The lowest BCUT2D eigenvalue weighted by Crippen LogP contribution is -2.59. The second-order valence-corrected chi connectivity index (χ2v) is 11.7. The summed E-state index contributed by atoms with van der Waals surface area (Å²) >= 11 is 4.01. The third-order valence-corrected chi connectivity index (χ3v) is 6.97. The van der Waals surface area contributed by atoms with Crippen LogP contribution in [0.3, 0.4) is 0 Å². The van der Waals surface area contributed by atoms with Crippen LogP contribution < -0.4 is 21.1 Å². The molecule has 4 atom stereocenters. The van der Waals surface area contributed by atoms with Gasteiger partial charge in [0.25, 0.3) is 0 Å². The van der Waals surface area contributed by atoms with Crippen LogP contribution in [-0.2, 0) is 43.8 Å². The molecular weight excluding hydrogens is 533 g/mol. The van der Waals surface area contributed by atoms with Gasteiger partial charge in [-0.2, -0.15) is 12.6 Å². The fourth-order valence-electron chi connectivity index (χ4n) is 4.22. The van der Waals surface area contributed by atoms with Crippen molar-refractivity contribution in [2.24, 2.45) is 5.73 Å². The largest absolute Gasteiger partial charge is 0.352 e. The summed E-state index contributed by atoms with van der Waals surface area (Å²) in [5, 5.41) is 4.65. The normalized spacial score (nSPS) is 17.6. The number of benzene rings is 2. The van der Waals surface area contributed by atoms with Crippen LogP contribution in [0.1, 0.15) is 23.6 Å². The zero-order valence-electron chi connectivity index (χ0n) is 21.1. The molecule has 38 heavy (non-hydrogen) atoms. The molecule has 0 bridgehead atoms. The number of fused-ring (bicyclic) bond motifs is 1. The Bertz CT molecular complexity index is 1270. The highest BCUT2D eigenvalue weighted by Crippen LogP contribution is 2.25. The van der Waals surface area contributed by atoms with Gasteiger partial charge in [0.2, 0.25) is 27.7 Å². The Morgan fingerprint density at radius 2 is 1.76 bits per heavy atom. The van der Waals surface area contributed by atoms with Crippen LogP contribution in [0.2, 0.25) is 0 Å². The van der Waals surface area contributed by atoms with Gasteiger partial charge in [-0.15, -0.1) is 0 Å². The molecule has 0 aromatic heterocycles. The smallest absolute Gasteiger partial charge is 0.243 e. The van der Waals surface area contributed by atoms with Gasteiger partial charge in [0, 0.05) is 19.5 Å². The number of thiol groups is 1. The molecule has 0 fully saturated rings. The number of sulfonamides is 1. The summed E-state index contributed by atoms with van der Waals surface area (Å²) in [6, 6.07) is 9.52. The summed E-state index contributed by atoms with van der Waals surface area (Å²) in [5.41, 5.74) is 7.76. The molecule has 1 aliphatic rings. The van der Waals surface area contributed by atoms with Gasteiger partial charge >= 0.3 is 0 Å². The minimum Gasteiger partial charge on any atom is -0.352 e. The predicted molar refractivity (Wildman–Crippen MR) is 144 cm³/mol. The first-order valence-electron chi connectivity index (χ1n) is 11.9. The average Bonchev–Trinajstić information content (AvgIpc) is 2.86. The summed E-state index contributed by atoms with van der Waals surface area (Å²) in [6.07, 6.45) is 1.05. The average molecular weight is 566 g/mol. The van der Waals surface area contributed by atoms with Crippen molar-refractivity contribution in [2.75, 3.05) is 12.8 Å². The van der Waals surface area contributed by atoms with E-state index in [1.165, 1.54) is 36.1 Å². The van der Waals surface area contributed by atoms with Gasteiger partial charge in [0.1, 0.15) is 23.9 Å². The minimum atomic E-state index is -3.82. The van der Waals surface area contributed by atoms with E-state index >= 15 is 0 Å². The van der Waals surface area contributed by atoms with E-state index < -0.39 is 57.1 Å². The number of hydrogen-bond donors (Lipinski definition) is 5. The number of nitrogens with zero attached hydrogens (tertiary/aromatic N) is 1. The van der Waals surface area contributed by atoms with E-state index in [-0.39, 0.29) is 25.9 Å². The number of halogens is 1. The van der Waals surface area contributed by atoms with E-state index in [4.69, 9.17) is 5.73 Å². The van der Waals surface area contributed by atoms with Crippen molar-refractivity contribution < 1.29 is 27.2 Å². The van der Waals surface area contributed by atoms with Crippen molar-refractivity contribution >= 4 is 40.4 Å². The maximum atomic E-state index is 13.8. The number of amides is 3. The van der Waals surface area contributed by atoms with E-state index in [2.05, 4.69) is 28.0 Å². The Kier molecular flexibility index (Phi) is 9.88. The van der Waals surface area contributed by atoms with Gasteiger partial charge in [-0.1, -0.05) is 36.4 Å². The van der Waals surface area contributed by atoms with Gasteiger partial charge < -0.3 is 21.3 Å². The molecule has 1 heterocycles. The third kappa shape index (κ3) is 8.25. The maximum absolute atomic E-state index is 13.8. The number of carbonyl (C=O) groups excluding carboxylic acids is 3. The first-order valence-corrected chi connectivity index (χ1v) is 14.4. The Hall–Kier alpha value is -3.00. The molecule has 2 aromatic carbocycles. The lowest BCUT2D eigenvalue weighted by Gasteiger charge is -2.38. The van der Waals surface area contributed by atoms with Gasteiger partial charge in [0.05, 0.1) is 11.6 Å². The highest BCUT2D eigenvalue weighted by atomic mass is 32.2. The van der Waals surface area contributed by atoms with Crippen molar-refractivity contribution in [3.63, 3.8) is 0 Å². The van der Waals surface area contributed by atoms with Gasteiger partial charge in [-0.25, -0.2) is 17.5 Å². The van der Waals surface area contributed by atoms with Crippen molar-refractivity contribution in [3.05, 3.63) is 71.0 Å². The third-order valence-electron chi connectivity index (χ3n) is 6.08. The molecule has 13 heteroatoms. The van der Waals surface area contributed by atoms with Crippen LogP contribution in [0.15, 0.2) is 48.5 Å². The number of rotatable bonds is 10. The second kappa shape index (κ2) is 12.7. The van der Waals surface area contributed by atoms with Gasteiger partial charge in [0.15, 0.2) is 0 Å². The van der Waals surface area contributed by atoms with E-state index in [9.17, 15) is 27.2 Å². The molecule has 5 N–H and O–H groups in total. The van der Waals surface area contributed by atoms with E-state index in [0.29, 0.717) is 5.56 Å². The van der Waals surface area contributed by atoms with Crippen molar-refractivity contribution in [1.29, 1.82) is 0 Å². The summed E-state index contributed by atoms with van der Waals surface area (Å²) in [6.45, 7) is 1.67. The molecule has 0 aliphatic carbocycles. The zero-order chi connectivity index (χ0) is 28.0. The topological polar surface area (TPSA) is 151 Å². The molecule has 0 saturated carbocycles. The molecule has 0 saturated heterocycles. The lowest BCUT2D eigenvalue weighted by atomic mass is 9.92. The molecule has 1 aliphatic heterocycles. The van der Waals surface area contributed by atoms with Gasteiger partial charge in [-0.3, -0.25) is 14.4 Å². The molecule has 0 radical (unpaired) electrons. The van der Waals surface area contributed by atoms with E-state index in [0.717, 1.165) is 17.4 Å². The lowest BCUT2D eigenvalue weighted by molar-refractivity contribution is -0.143. The van der Waals surface area contributed by atoms with Crippen molar-refractivity contribution in [1.82, 2.24) is 20.3 Å². The quantitative estimate of drug-likeness (QED) is 0.203. The monoisotopic (exact) mass is 565 g/mol. The fourth-order valence-corrected chi connectivity index (χ4v) is 5.01. The fraction of sp³-hybridized carbons (Fsp3) is 0.400. The van der Waals surface area contributed by atoms with E-state index in [1.54, 1.807) is 0 Å². The Balaban J connectivity index is 1.88. The molecular formula is C25H32FN5O5S2. The summed E-state index contributed by atoms with van der Waals surface area (Å²) in [7, 11) is -3.82. The first-order chi connectivity index (χ1) is 17.8. The SMILES string of the molecule is C[C@H](NC(=O)[C@@H]1Cc2ccccc2CN1C(=O)[C@H](Cc1ccc(F)cc1)NS(C)(=O)=O)C(=O)NC[C@H](N)S. The van der Waals surface area contributed by atoms with Crippen LogP contribution in [0.4, 0.5) is 4.39 Å². The highest BCUT2D eigenvalue weighted by molar-refractivity contribution is 7.88. The zero-order valence-corrected chi connectivity index (χ0v) is 22.8. The molecule has 0 unspecified atom stereocenters. The number of nitrogens with one attached hydrogen (secondary N) is 3. The van der Waals surface area contributed by atoms with Crippen molar-refractivity contribution in [3.8, 4) is 0 Å². The van der Waals surface area contributed by atoms with Crippen LogP contribution >= 0.6 is 12.6 Å². The molecule has 10 nitrogen and oxygen atoms in total.